The van der Waals surface area contributed by atoms with Crippen LogP contribution in [-0.4, -0.2) is 57.5 Å². The minimum absolute atomic E-state index is 0.0660. The molecule has 1 aliphatic carbocycles. The summed E-state index contributed by atoms with van der Waals surface area (Å²) in [5, 5.41) is 0. The topological polar surface area (TPSA) is 77.0 Å². The molecule has 32 heavy (non-hydrogen) atoms. The average Bonchev–Trinajstić information content (AvgIpc) is 3.48. The highest BCUT2D eigenvalue weighted by Gasteiger charge is 2.46. The summed E-state index contributed by atoms with van der Waals surface area (Å²) >= 11 is 0. The number of rotatable bonds is 4. The molecule has 2 aromatic rings. The Balaban J connectivity index is 1.16. The van der Waals surface area contributed by atoms with Crippen molar-refractivity contribution in [3.63, 3.8) is 0 Å². The van der Waals surface area contributed by atoms with E-state index in [1.54, 1.807) is 17.3 Å². The van der Waals surface area contributed by atoms with Gasteiger partial charge in [0, 0.05) is 18.5 Å². The number of carbonyl (C=O) groups excluding carboxylic acids is 1. The van der Waals surface area contributed by atoms with E-state index in [0.29, 0.717) is 31.1 Å². The highest BCUT2D eigenvalue weighted by atomic mass is 19.3. The second-order valence-corrected chi connectivity index (χ2v) is 8.67. The SMILES string of the molecule is O=C(c1cccc2c1OC(F)(F)O2)N1CC[C@@H]2CC[C@H](Oc3cnc(C4CC4)cn3)N2C1. The fourth-order valence-electron chi connectivity index (χ4n) is 4.71. The van der Waals surface area contributed by atoms with E-state index in [1.165, 1.54) is 18.2 Å². The summed E-state index contributed by atoms with van der Waals surface area (Å²) in [5.74, 6) is 0.275. The van der Waals surface area contributed by atoms with Gasteiger partial charge in [-0.05, 0) is 44.2 Å². The largest absolute Gasteiger partial charge is 0.586 e. The van der Waals surface area contributed by atoms with Crippen molar-refractivity contribution in [3.05, 3.63) is 41.9 Å². The monoisotopic (exact) mass is 444 g/mol. The molecule has 1 saturated carbocycles. The number of fused-ring (bicyclic) bond motifs is 2. The Bertz CT molecular complexity index is 1050. The van der Waals surface area contributed by atoms with Gasteiger partial charge in [0.15, 0.2) is 17.7 Å². The molecule has 6 rings (SSSR count). The number of ether oxygens (including phenoxy) is 3. The Hall–Kier alpha value is -3.01. The van der Waals surface area contributed by atoms with Crippen molar-refractivity contribution in [1.29, 1.82) is 0 Å². The van der Waals surface area contributed by atoms with Crippen LogP contribution in [0.25, 0.3) is 0 Å². The number of hydrogen-bond acceptors (Lipinski definition) is 7. The number of halogens is 2. The standard InChI is InChI=1S/C22H22F2N4O4/c23-22(24)31-17-3-1-2-15(20(17)32-22)21(29)27-9-8-14-6-7-19(28(14)12-27)30-18-11-25-16(10-26-18)13-4-5-13/h1-3,10-11,13-14,19H,4-9,12H2/t14-,19-/m0/s1. The van der Waals surface area contributed by atoms with Gasteiger partial charge in [-0.3, -0.25) is 9.78 Å². The van der Waals surface area contributed by atoms with Gasteiger partial charge in [0.25, 0.3) is 5.91 Å². The van der Waals surface area contributed by atoms with E-state index in [9.17, 15) is 13.6 Å². The fraction of sp³-hybridized carbons (Fsp3) is 0.500. The Kier molecular flexibility index (Phi) is 4.46. The smallest absolute Gasteiger partial charge is 0.457 e. The summed E-state index contributed by atoms with van der Waals surface area (Å²) in [6.45, 7) is 0.867. The van der Waals surface area contributed by atoms with Crippen LogP contribution < -0.4 is 14.2 Å². The van der Waals surface area contributed by atoms with Crippen LogP contribution in [0.15, 0.2) is 30.6 Å². The minimum Gasteiger partial charge on any atom is -0.457 e. The van der Waals surface area contributed by atoms with E-state index in [1.807, 2.05) is 0 Å². The van der Waals surface area contributed by atoms with Crippen molar-refractivity contribution < 1.29 is 27.8 Å². The average molecular weight is 444 g/mol. The second-order valence-electron chi connectivity index (χ2n) is 8.67. The molecule has 2 saturated heterocycles. The summed E-state index contributed by atoms with van der Waals surface area (Å²) in [6, 6.07) is 4.65. The Labute approximate surface area is 183 Å². The molecule has 3 fully saturated rings. The first-order valence-corrected chi connectivity index (χ1v) is 10.9. The van der Waals surface area contributed by atoms with Gasteiger partial charge < -0.3 is 19.1 Å². The Morgan fingerprint density at radius 3 is 2.75 bits per heavy atom. The van der Waals surface area contributed by atoms with Gasteiger partial charge in [-0.2, -0.15) is 0 Å². The molecular weight excluding hydrogens is 422 g/mol. The number of para-hydroxylation sites is 1. The lowest BCUT2D eigenvalue weighted by atomic mass is 10.1. The zero-order chi connectivity index (χ0) is 21.9. The second kappa shape index (κ2) is 7.26. The van der Waals surface area contributed by atoms with Crippen molar-refractivity contribution in [3.8, 4) is 17.4 Å². The molecule has 8 nitrogen and oxygen atoms in total. The molecule has 168 valence electrons. The van der Waals surface area contributed by atoms with Gasteiger partial charge in [0.1, 0.15) is 0 Å². The maximum Gasteiger partial charge on any atom is 0.586 e. The summed E-state index contributed by atoms with van der Waals surface area (Å²) in [5.41, 5.74) is 1.07. The third kappa shape index (κ3) is 3.52. The van der Waals surface area contributed by atoms with Crippen LogP contribution in [0.4, 0.5) is 8.78 Å². The number of amides is 1. The summed E-state index contributed by atoms with van der Waals surface area (Å²) in [7, 11) is 0. The van der Waals surface area contributed by atoms with Crippen LogP contribution in [0.2, 0.25) is 0 Å². The molecule has 4 heterocycles. The number of carbonyl (C=O) groups is 1. The first kappa shape index (κ1) is 19.7. The zero-order valence-corrected chi connectivity index (χ0v) is 17.2. The zero-order valence-electron chi connectivity index (χ0n) is 17.2. The number of alkyl halides is 2. The van der Waals surface area contributed by atoms with E-state index < -0.39 is 6.29 Å². The lowest BCUT2D eigenvalue weighted by Gasteiger charge is -2.40. The van der Waals surface area contributed by atoms with Crippen LogP contribution >= 0.6 is 0 Å². The van der Waals surface area contributed by atoms with Gasteiger partial charge in [-0.15, -0.1) is 8.78 Å². The summed E-state index contributed by atoms with van der Waals surface area (Å²) in [6.07, 6.45) is 4.34. The van der Waals surface area contributed by atoms with Crippen molar-refractivity contribution in [2.24, 2.45) is 0 Å². The fourth-order valence-corrected chi connectivity index (χ4v) is 4.71. The maximum absolute atomic E-state index is 13.5. The molecule has 1 aromatic heterocycles. The van der Waals surface area contributed by atoms with Crippen LogP contribution in [-0.2, 0) is 0 Å². The first-order chi connectivity index (χ1) is 15.5. The number of hydrogen-bond donors (Lipinski definition) is 0. The lowest BCUT2D eigenvalue weighted by molar-refractivity contribution is -0.286. The molecule has 3 aliphatic heterocycles. The van der Waals surface area contributed by atoms with Crippen LogP contribution in [0.1, 0.15) is 54.1 Å². The number of benzene rings is 1. The molecule has 1 amide bonds. The van der Waals surface area contributed by atoms with Gasteiger partial charge in [-0.1, -0.05) is 6.07 Å². The number of aromatic nitrogens is 2. The van der Waals surface area contributed by atoms with Gasteiger partial charge in [0.2, 0.25) is 5.88 Å². The molecule has 2 atom stereocenters. The van der Waals surface area contributed by atoms with E-state index >= 15 is 0 Å². The molecule has 10 heteroatoms. The summed E-state index contributed by atoms with van der Waals surface area (Å²) in [4.78, 5) is 25.8. The quantitative estimate of drug-likeness (QED) is 0.716. The van der Waals surface area contributed by atoms with Crippen LogP contribution in [0.5, 0.6) is 17.4 Å². The minimum atomic E-state index is -3.77. The molecule has 0 radical (unpaired) electrons. The van der Waals surface area contributed by atoms with E-state index in [4.69, 9.17) is 4.74 Å². The first-order valence-electron chi connectivity index (χ1n) is 10.9. The van der Waals surface area contributed by atoms with E-state index in [2.05, 4.69) is 24.3 Å². The van der Waals surface area contributed by atoms with Gasteiger partial charge in [0.05, 0.1) is 30.3 Å². The maximum atomic E-state index is 13.5. The molecule has 0 N–H and O–H groups in total. The highest BCUT2D eigenvalue weighted by Crippen LogP contribution is 2.44. The van der Waals surface area contributed by atoms with Crippen molar-refractivity contribution >= 4 is 5.91 Å². The molecule has 0 spiro atoms. The van der Waals surface area contributed by atoms with Crippen molar-refractivity contribution in [1.82, 2.24) is 19.8 Å². The number of nitrogens with zero attached hydrogens (tertiary/aromatic N) is 4. The van der Waals surface area contributed by atoms with Crippen LogP contribution in [0.3, 0.4) is 0 Å². The molecular formula is C22H22F2N4O4. The predicted octanol–water partition coefficient (Wildman–Crippen LogP) is 3.35. The molecule has 0 bridgehead atoms. The van der Waals surface area contributed by atoms with Crippen LogP contribution in [0, 0.1) is 0 Å². The van der Waals surface area contributed by atoms with Gasteiger partial charge >= 0.3 is 6.29 Å². The Morgan fingerprint density at radius 2 is 1.97 bits per heavy atom. The third-order valence-electron chi connectivity index (χ3n) is 6.50. The normalized spacial score (nSPS) is 26.1. The third-order valence-corrected chi connectivity index (χ3v) is 6.50. The Morgan fingerprint density at radius 1 is 1.09 bits per heavy atom. The lowest BCUT2D eigenvalue weighted by Crippen LogP contribution is -2.53. The summed E-state index contributed by atoms with van der Waals surface area (Å²) < 4.78 is 42.2. The predicted molar refractivity (Wildman–Crippen MR) is 106 cm³/mol. The van der Waals surface area contributed by atoms with Gasteiger partial charge in [-0.25, -0.2) is 9.88 Å². The molecule has 0 unspecified atom stereocenters. The molecule has 4 aliphatic rings. The van der Waals surface area contributed by atoms with Crippen molar-refractivity contribution in [2.45, 2.75) is 56.6 Å². The van der Waals surface area contributed by atoms with Crippen molar-refractivity contribution in [2.75, 3.05) is 13.2 Å². The highest BCUT2D eigenvalue weighted by molar-refractivity contribution is 5.98. The van der Waals surface area contributed by atoms with E-state index in [-0.39, 0.29) is 29.2 Å². The molecule has 1 aromatic carbocycles. The van der Waals surface area contributed by atoms with E-state index in [0.717, 1.165) is 37.8 Å².